The zero-order chi connectivity index (χ0) is 31.4. The SMILES string of the molecule is CNS(=O)(=O)Nc1nccc(CN2C(=O)Oc3cc(Oc4nc(COC)nn4COCC[Si](C)(C)C)ccc3C2C)c1F.[KH]. The standard InChI is InChI=1S/C26H36FN7O7SSi.K.H/c1-17-20-8-7-19(40-25-30-22(15-38-3)31-34(25)16-39-11-12-43(4,5)6)13-21(20)41-26(35)33(17)14-18-9-10-29-24(23(18)27)32-42(36,37)28-2;;/h7-10,13,17,28H,11-12,14-16H2,1-6H3,(H,29,32);;. The summed E-state index contributed by atoms with van der Waals surface area (Å²) in [5.41, 5.74) is 0.711. The second kappa shape index (κ2) is 15.5. The van der Waals surface area contributed by atoms with E-state index in [4.69, 9.17) is 18.9 Å². The van der Waals surface area contributed by atoms with Gasteiger partial charge in [-0.2, -0.15) is 18.1 Å². The summed E-state index contributed by atoms with van der Waals surface area (Å²) >= 11 is 0. The molecule has 0 radical (unpaired) electrons. The first-order chi connectivity index (χ1) is 20.3. The van der Waals surface area contributed by atoms with Gasteiger partial charge in [-0.15, -0.1) is 5.10 Å². The third kappa shape index (κ3) is 9.50. The second-order valence-electron chi connectivity index (χ2n) is 11.0. The van der Waals surface area contributed by atoms with E-state index in [1.807, 2.05) is 9.44 Å². The maximum absolute atomic E-state index is 15.1. The van der Waals surface area contributed by atoms with Crippen molar-refractivity contribution in [1.29, 1.82) is 0 Å². The minimum atomic E-state index is -3.99. The molecule has 1 aromatic carbocycles. The molecular formula is C26H37FKN7O7SSi. The Labute approximate surface area is 299 Å². The number of nitrogens with zero attached hydrogens (tertiary/aromatic N) is 5. The predicted octanol–water partition coefficient (Wildman–Crippen LogP) is 3.37. The minimum absolute atomic E-state index is 0. The number of carbonyl (C=O) groups excluding carboxylic acids is 1. The van der Waals surface area contributed by atoms with Gasteiger partial charge in [0.05, 0.1) is 12.6 Å². The third-order valence-electron chi connectivity index (χ3n) is 6.52. The van der Waals surface area contributed by atoms with Gasteiger partial charge in [0, 0.05) is 52.2 Å². The summed E-state index contributed by atoms with van der Waals surface area (Å²) in [6.45, 7) is 9.32. The molecule has 4 rings (SSSR count). The van der Waals surface area contributed by atoms with Gasteiger partial charge in [0.2, 0.25) is 0 Å². The summed E-state index contributed by atoms with van der Waals surface area (Å²) < 4.78 is 66.8. The van der Waals surface area contributed by atoms with E-state index in [1.54, 1.807) is 32.2 Å². The van der Waals surface area contributed by atoms with E-state index >= 15 is 4.39 Å². The van der Waals surface area contributed by atoms with Crippen LogP contribution in [0.5, 0.6) is 17.5 Å². The molecular weight excluding hydrogens is 641 g/mol. The monoisotopic (exact) mass is 677 g/mol. The Hall–Kier alpha value is -2.01. The van der Waals surface area contributed by atoms with Crippen molar-refractivity contribution in [3.63, 3.8) is 0 Å². The van der Waals surface area contributed by atoms with E-state index in [0.29, 0.717) is 23.7 Å². The van der Waals surface area contributed by atoms with Crippen LogP contribution in [0.3, 0.4) is 0 Å². The molecule has 1 amide bonds. The first kappa shape index (κ1) is 36.5. The van der Waals surface area contributed by atoms with Crippen LogP contribution in [0.25, 0.3) is 0 Å². The third-order valence-corrected chi connectivity index (χ3v) is 9.22. The van der Waals surface area contributed by atoms with Gasteiger partial charge in [-0.05, 0) is 31.2 Å². The predicted molar refractivity (Wildman–Crippen MR) is 164 cm³/mol. The molecule has 1 atom stereocenters. The number of nitrogens with one attached hydrogen (secondary N) is 2. The summed E-state index contributed by atoms with van der Waals surface area (Å²) in [6.07, 6.45) is 0.532. The molecule has 0 fully saturated rings. The van der Waals surface area contributed by atoms with Crippen molar-refractivity contribution >= 4 is 81.6 Å². The van der Waals surface area contributed by atoms with E-state index in [0.717, 1.165) is 6.04 Å². The first-order valence-electron chi connectivity index (χ1n) is 13.5. The topological polar surface area (TPSA) is 159 Å². The molecule has 3 aromatic rings. The van der Waals surface area contributed by atoms with E-state index in [2.05, 4.69) is 34.7 Å². The molecule has 18 heteroatoms. The number of fused-ring (bicyclic) bond motifs is 1. The molecule has 0 saturated carbocycles. The molecule has 1 aliphatic rings. The van der Waals surface area contributed by atoms with Crippen molar-refractivity contribution in [2.75, 3.05) is 25.5 Å². The number of aromatic nitrogens is 4. The molecule has 1 unspecified atom stereocenters. The summed E-state index contributed by atoms with van der Waals surface area (Å²) in [5.74, 6) is -0.343. The molecule has 14 nitrogen and oxygen atoms in total. The number of carbonyl (C=O) groups is 1. The zero-order valence-corrected chi connectivity index (χ0v) is 26.7. The summed E-state index contributed by atoms with van der Waals surface area (Å²) in [6, 6.07) is 7.05. The number of methoxy groups -OCH3 is 1. The number of halogens is 1. The number of amides is 1. The Balaban J connectivity index is 0.00000529. The van der Waals surface area contributed by atoms with Crippen molar-refractivity contribution in [2.24, 2.45) is 0 Å². The molecule has 2 aromatic heterocycles. The normalized spacial score (nSPS) is 14.9. The molecule has 44 heavy (non-hydrogen) atoms. The van der Waals surface area contributed by atoms with Crippen LogP contribution in [-0.2, 0) is 39.6 Å². The van der Waals surface area contributed by atoms with Gasteiger partial charge in [-0.3, -0.25) is 9.62 Å². The fourth-order valence-electron chi connectivity index (χ4n) is 4.09. The number of hydrogen-bond acceptors (Lipinski definition) is 10. The zero-order valence-electron chi connectivity index (χ0n) is 24.9. The summed E-state index contributed by atoms with van der Waals surface area (Å²) in [7, 11) is -2.53. The van der Waals surface area contributed by atoms with E-state index in [1.165, 1.54) is 28.9 Å². The number of benzene rings is 1. The van der Waals surface area contributed by atoms with Gasteiger partial charge in [-0.1, -0.05) is 19.6 Å². The molecule has 236 valence electrons. The number of rotatable bonds is 14. The molecule has 3 heterocycles. The van der Waals surface area contributed by atoms with Crippen LogP contribution < -0.4 is 18.9 Å². The number of ether oxygens (including phenoxy) is 4. The second-order valence-corrected chi connectivity index (χ2v) is 18.2. The summed E-state index contributed by atoms with van der Waals surface area (Å²) in [4.78, 5) is 22.5. The van der Waals surface area contributed by atoms with Gasteiger partial charge in [0.15, 0.2) is 17.5 Å². The van der Waals surface area contributed by atoms with E-state index in [9.17, 15) is 13.2 Å². The van der Waals surface area contributed by atoms with Crippen molar-refractivity contribution in [2.45, 2.75) is 58.5 Å². The van der Waals surface area contributed by atoms with Crippen LogP contribution >= 0.6 is 0 Å². The van der Waals surface area contributed by atoms with Crippen molar-refractivity contribution in [3.05, 3.63) is 53.2 Å². The first-order valence-corrected chi connectivity index (χ1v) is 18.6. The van der Waals surface area contributed by atoms with E-state index < -0.39 is 42.1 Å². The Morgan fingerprint density at radius 3 is 2.64 bits per heavy atom. The molecule has 0 spiro atoms. The molecule has 2 N–H and O–H groups in total. The number of anilines is 1. The molecule has 1 aliphatic heterocycles. The van der Waals surface area contributed by atoms with Crippen LogP contribution in [0.1, 0.15) is 29.9 Å². The van der Waals surface area contributed by atoms with Gasteiger partial charge in [-0.25, -0.2) is 18.9 Å². The van der Waals surface area contributed by atoms with Gasteiger partial charge < -0.3 is 18.9 Å². The van der Waals surface area contributed by atoms with Gasteiger partial charge >= 0.3 is 63.5 Å². The Bertz CT molecular complexity index is 1570. The van der Waals surface area contributed by atoms with Crippen LogP contribution in [0, 0.1) is 5.82 Å². The van der Waals surface area contributed by atoms with Crippen LogP contribution in [0.4, 0.5) is 15.0 Å². The number of hydrogen-bond donors (Lipinski definition) is 2. The summed E-state index contributed by atoms with van der Waals surface area (Å²) in [5, 5.41) is 4.40. The van der Waals surface area contributed by atoms with Crippen molar-refractivity contribution in [3.8, 4) is 17.5 Å². The average molecular weight is 678 g/mol. The van der Waals surface area contributed by atoms with Gasteiger partial charge in [0.25, 0.3) is 10.2 Å². The van der Waals surface area contributed by atoms with Crippen molar-refractivity contribution < 1.29 is 36.6 Å². The molecule has 0 aliphatic carbocycles. The Morgan fingerprint density at radius 1 is 1.20 bits per heavy atom. The fraction of sp³-hybridized carbons (Fsp3) is 0.462. The number of pyridine rings is 1. The average Bonchev–Trinajstić information content (AvgIpc) is 3.31. The maximum atomic E-state index is 15.1. The Morgan fingerprint density at radius 2 is 1.95 bits per heavy atom. The van der Waals surface area contributed by atoms with Gasteiger partial charge in [0.1, 0.15) is 24.8 Å². The molecule has 0 bridgehead atoms. The molecule has 0 saturated heterocycles. The quantitative estimate of drug-likeness (QED) is 0.191. The van der Waals surface area contributed by atoms with E-state index in [-0.39, 0.29) is 88.6 Å². The fourth-order valence-corrected chi connectivity index (χ4v) is 5.34. The van der Waals surface area contributed by atoms with Crippen LogP contribution in [0.15, 0.2) is 30.5 Å². The van der Waals surface area contributed by atoms with Crippen LogP contribution in [0.2, 0.25) is 25.7 Å². The van der Waals surface area contributed by atoms with Crippen LogP contribution in [-0.4, -0.2) is 119 Å². The van der Waals surface area contributed by atoms with Crippen molar-refractivity contribution in [1.82, 2.24) is 29.4 Å². The Kier molecular flexibility index (Phi) is 12.9.